The second-order valence-electron chi connectivity index (χ2n) is 7.85. The van der Waals surface area contributed by atoms with Gasteiger partial charge in [-0.05, 0) is 41.9 Å². The molecule has 0 spiro atoms. The van der Waals surface area contributed by atoms with Crippen molar-refractivity contribution in [1.82, 2.24) is 14.8 Å². The zero-order valence-corrected chi connectivity index (χ0v) is 18.9. The largest absolute Gasteiger partial charge is 0.369 e. The third kappa shape index (κ3) is 4.30. The molecule has 1 aromatic carbocycles. The zero-order chi connectivity index (χ0) is 20.5. The minimum atomic E-state index is 0.0393. The summed E-state index contributed by atoms with van der Waals surface area (Å²) in [6.07, 6.45) is 8.10. The van der Waals surface area contributed by atoms with Gasteiger partial charge in [-0.25, -0.2) is 4.98 Å². The van der Waals surface area contributed by atoms with Gasteiger partial charge in [0.2, 0.25) is 0 Å². The van der Waals surface area contributed by atoms with E-state index in [1.54, 1.807) is 17.4 Å². The van der Waals surface area contributed by atoms with Crippen LogP contribution in [0.15, 0.2) is 48.3 Å². The van der Waals surface area contributed by atoms with E-state index in [-0.39, 0.29) is 11.7 Å². The van der Waals surface area contributed by atoms with Gasteiger partial charge in [0.1, 0.15) is 0 Å². The Morgan fingerprint density at radius 2 is 2.21 bits per heavy atom. The first-order valence-electron chi connectivity index (χ1n) is 9.97. The van der Waals surface area contributed by atoms with Gasteiger partial charge in [-0.1, -0.05) is 34.6 Å². The van der Waals surface area contributed by atoms with E-state index < -0.39 is 0 Å². The first-order valence-corrected chi connectivity index (χ1v) is 11.9. The average Bonchev–Trinajstić information content (AvgIpc) is 3.06. The molecule has 0 bridgehead atoms. The summed E-state index contributed by atoms with van der Waals surface area (Å²) in [5.74, 6) is 0.651. The summed E-state index contributed by atoms with van der Waals surface area (Å²) in [7, 11) is 0.511. The Balaban J connectivity index is 1.59. The molecule has 7 heteroatoms. The number of carbonyl (C=O) groups is 1. The molecule has 0 aliphatic carbocycles. The highest BCUT2D eigenvalue weighted by Gasteiger charge is 2.29. The predicted molar refractivity (Wildman–Crippen MR) is 124 cm³/mol. The maximum atomic E-state index is 12.9. The Labute approximate surface area is 177 Å². The molecule has 2 aromatic rings. The molecule has 1 amide bonds. The predicted octanol–water partition coefficient (Wildman–Crippen LogP) is 4.12. The lowest BCUT2D eigenvalue weighted by Gasteiger charge is -2.37. The summed E-state index contributed by atoms with van der Waals surface area (Å²) in [4.78, 5) is 21.7. The standard InChI is InChI=1S/C22H27N4OPS/c1-14(2)12-25(9-8-23)17-5-7-22-26(13-17)21(27)11-19(28-22)16-4-6-20-18(10-16)24-15(3)29-20/h4-7,10-11,13-14,22,28H,8-9,12,23H2,1-3H3. The monoisotopic (exact) mass is 426 g/mol. The first-order chi connectivity index (χ1) is 13.9. The molecule has 29 heavy (non-hydrogen) atoms. The second-order valence-corrected chi connectivity index (χ2v) is 10.5. The van der Waals surface area contributed by atoms with Crippen LogP contribution in [-0.4, -0.2) is 46.1 Å². The number of rotatable bonds is 6. The minimum Gasteiger partial charge on any atom is -0.369 e. The van der Waals surface area contributed by atoms with E-state index in [0.29, 0.717) is 21.0 Å². The molecule has 0 radical (unpaired) electrons. The Kier molecular flexibility index (Phi) is 5.86. The second kappa shape index (κ2) is 8.39. The quantitative estimate of drug-likeness (QED) is 0.706. The van der Waals surface area contributed by atoms with E-state index >= 15 is 0 Å². The van der Waals surface area contributed by atoms with E-state index in [1.807, 2.05) is 18.0 Å². The van der Waals surface area contributed by atoms with Crippen LogP contribution in [0.25, 0.3) is 15.5 Å². The number of benzene rings is 1. The normalized spacial score (nSPS) is 19.7. The van der Waals surface area contributed by atoms with Crippen LogP contribution >= 0.6 is 19.9 Å². The lowest BCUT2D eigenvalue weighted by Crippen LogP contribution is -2.39. The Hall–Kier alpha value is -2.01. The zero-order valence-electron chi connectivity index (χ0n) is 17.1. The van der Waals surface area contributed by atoms with Crippen LogP contribution in [0.5, 0.6) is 0 Å². The van der Waals surface area contributed by atoms with Gasteiger partial charge in [0, 0.05) is 31.9 Å². The highest BCUT2D eigenvalue weighted by atomic mass is 32.1. The number of aromatic nitrogens is 1. The van der Waals surface area contributed by atoms with Gasteiger partial charge in [-0.3, -0.25) is 4.79 Å². The number of amides is 1. The third-order valence-electron chi connectivity index (χ3n) is 5.00. The molecule has 3 heterocycles. The van der Waals surface area contributed by atoms with Crippen molar-refractivity contribution in [2.45, 2.75) is 26.6 Å². The molecule has 2 aliphatic rings. The van der Waals surface area contributed by atoms with Crippen molar-refractivity contribution < 1.29 is 4.79 Å². The van der Waals surface area contributed by atoms with Gasteiger partial charge in [-0.2, -0.15) is 0 Å². The van der Waals surface area contributed by atoms with E-state index in [9.17, 15) is 4.79 Å². The van der Waals surface area contributed by atoms with Gasteiger partial charge in [0.25, 0.3) is 5.91 Å². The van der Waals surface area contributed by atoms with Gasteiger partial charge in [0.15, 0.2) is 0 Å². The number of aryl methyl sites for hydroxylation is 1. The van der Waals surface area contributed by atoms with Crippen LogP contribution in [0.2, 0.25) is 0 Å². The first kappa shape index (κ1) is 20.3. The fourth-order valence-electron chi connectivity index (χ4n) is 3.75. The molecule has 0 saturated heterocycles. The number of thiazole rings is 1. The summed E-state index contributed by atoms with van der Waals surface area (Å²) in [5.41, 5.74) is 8.98. The molecule has 2 N–H and O–H groups in total. The van der Waals surface area contributed by atoms with Crippen LogP contribution in [0.3, 0.4) is 0 Å². The topological polar surface area (TPSA) is 62.5 Å². The lowest BCUT2D eigenvalue weighted by molar-refractivity contribution is -0.123. The Morgan fingerprint density at radius 3 is 2.97 bits per heavy atom. The van der Waals surface area contributed by atoms with Crippen LogP contribution in [0, 0.1) is 12.8 Å². The van der Waals surface area contributed by atoms with Crippen molar-refractivity contribution in [1.29, 1.82) is 0 Å². The fourth-order valence-corrected chi connectivity index (χ4v) is 5.94. The summed E-state index contributed by atoms with van der Waals surface area (Å²) in [5, 5.41) is 2.17. The summed E-state index contributed by atoms with van der Waals surface area (Å²) >= 11 is 1.70. The molecule has 0 fully saturated rings. The number of carbonyl (C=O) groups excluding carboxylic acids is 1. The Morgan fingerprint density at radius 1 is 1.38 bits per heavy atom. The smallest absolute Gasteiger partial charge is 0.252 e. The SMILES string of the molecule is Cc1nc2cc(C3=CC(=O)N4C=C(N(CCN)CC(C)C)C=CC4P3)ccc2s1. The van der Waals surface area contributed by atoms with Crippen molar-refractivity contribution >= 4 is 41.4 Å². The number of allylic oxidation sites excluding steroid dienone is 1. The fraction of sp³-hybridized carbons (Fsp3) is 0.364. The molecule has 4 rings (SSSR count). The molecular weight excluding hydrogens is 399 g/mol. The average molecular weight is 427 g/mol. The molecule has 2 aliphatic heterocycles. The van der Waals surface area contributed by atoms with Crippen molar-refractivity contribution in [3.05, 3.63) is 58.9 Å². The van der Waals surface area contributed by atoms with E-state index in [0.717, 1.165) is 40.2 Å². The minimum absolute atomic E-state index is 0.0393. The molecule has 0 saturated carbocycles. The maximum Gasteiger partial charge on any atom is 0.252 e. The van der Waals surface area contributed by atoms with E-state index in [4.69, 9.17) is 5.73 Å². The van der Waals surface area contributed by atoms with Crippen LogP contribution in [0.4, 0.5) is 0 Å². The van der Waals surface area contributed by atoms with Crippen molar-refractivity contribution in [3.63, 3.8) is 0 Å². The lowest BCUT2D eigenvalue weighted by atomic mass is 10.1. The highest BCUT2D eigenvalue weighted by Crippen LogP contribution is 2.45. The molecule has 5 nitrogen and oxygen atoms in total. The number of hydrogen-bond donors (Lipinski definition) is 1. The summed E-state index contributed by atoms with van der Waals surface area (Å²) in [6, 6.07) is 6.34. The van der Waals surface area contributed by atoms with E-state index in [1.165, 1.54) is 4.70 Å². The van der Waals surface area contributed by atoms with Crippen molar-refractivity contribution in [3.8, 4) is 0 Å². The van der Waals surface area contributed by atoms with Gasteiger partial charge in [-0.15, -0.1) is 11.3 Å². The number of fused-ring (bicyclic) bond motifs is 2. The van der Waals surface area contributed by atoms with Gasteiger partial charge < -0.3 is 15.5 Å². The van der Waals surface area contributed by atoms with Crippen LogP contribution in [0.1, 0.15) is 24.4 Å². The molecule has 152 valence electrons. The highest BCUT2D eigenvalue weighted by molar-refractivity contribution is 7.51. The maximum absolute atomic E-state index is 12.9. The third-order valence-corrected chi connectivity index (χ3v) is 7.46. The molecule has 2 unspecified atom stereocenters. The van der Waals surface area contributed by atoms with Crippen molar-refractivity contribution in [2.24, 2.45) is 11.7 Å². The summed E-state index contributed by atoms with van der Waals surface area (Å²) < 4.78 is 1.19. The van der Waals surface area contributed by atoms with Gasteiger partial charge in [0.05, 0.1) is 26.7 Å². The van der Waals surface area contributed by atoms with Crippen LogP contribution in [-0.2, 0) is 4.79 Å². The van der Waals surface area contributed by atoms with E-state index in [2.05, 4.69) is 54.1 Å². The number of nitrogens with two attached hydrogens (primary N) is 1. The number of hydrogen-bond acceptors (Lipinski definition) is 5. The molecule has 1 aromatic heterocycles. The number of nitrogens with zero attached hydrogens (tertiary/aromatic N) is 3. The van der Waals surface area contributed by atoms with Crippen LogP contribution < -0.4 is 5.73 Å². The molecule has 2 atom stereocenters. The van der Waals surface area contributed by atoms with Crippen molar-refractivity contribution in [2.75, 3.05) is 19.6 Å². The van der Waals surface area contributed by atoms with Gasteiger partial charge >= 0.3 is 0 Å². The molecular formula is C22H27N4OPS. The Bertz CT molecular complexity index is 1020. The summed E-state index contributed by atoms with van der Waals surface area (Å²) in [6.45, 7) is 8.73.